The molecule has 0 aliphatic heterocycles. The minimum absolute atomic E-state index is 0.287. The van der Waals surface area contributed by atoms with Crippen LogP contribution < -0.4 is 5.32 Å². The molecule has 1 unspecified atom stereocenters. The molecule has 4 heteroatoms. The fourth-order valence-electron chi connectivity index (χ4n) is 1.85. The van der Waals surface area contributed by atoms with E-state index in [4.69, 9.17) is 0 Å². The van der Waals surface area contributed by atoms with Gasteiger partial charge in [-0.2, -0.15) is 0 Å². The maximum atomic E-state index is 4.25. The van der Waals surface area contributed by atoms with Crippen molar-refractivity contribution in [2.75, 3.05) is 5.32 Å². The monoisotopic (exact) mass is 235 g/mol. The van der Waals surface area contributed by atoms with Crippen LogP contribution >= 0.6 is 11.3 Å². The van der Waals surface area contributed by atoms with Gasteiger partial charge in [0, 0.05) is 21.6 Å². The molecular formula is C12H17N3S. The van der Waals surface area contributed by atoms with Gasteiger partial charge in [-0.25, -0.2) is 4.98 Å². The Morgan fingerprint density at radius 1 is 1.38 bits per heavy atom. The highest BCUT2D eigenvalue weighted by atomic mass is 32.1. The van der Waals surface area contributed by atoms with E-state index in [1.807, 2.05) is 24.5 Å². The Balaban J connectivity index is 2.14. The quantitative estimate of drug-likeness (QED) is 0.854. The van der Waals surface area contributed by atoms with E-state index in [0.717, 1.165) is 11.6 Å². The summed E-state index contributed by atoms with van der Waals surface area (Å²) in [5.41, 5.74) is 2.43. The standard InChI is InChI=1S/C12H17N3S/c1-7-6-13-12(14-7)15-9(3)11-5-8(2)16-10(11)4/h5-6,9H,1-4H3,(H2,13,14,15). The molecule has 0 spiro atoms. The van der Waals surface area contributed by atoms with Crippen molar-refractivity contribution in [3.8, 4) is 0 Å². The number of hydrogen-bond acceptors (Lipinski definition) is 3. The van der Waals surface area contributed by atoms with Crippen molar-refractivity contribution in [1.29, 1.82) is 0 Å². The molecule has 0 radical (unpaired) electrons. The Labute approximate surface area is 99.9 Å². The molecule has 2 N–H and O–H groups in total. The molecule has 1 atom stereocenters. The summed E-state index contributed by atoms with van der Waals surface area (Å²) in [6.45, 7) is 8.47. The van der Waals surface area contributed by atoms with Crippen LogP contribution in [0.1, 0.15) is 34.0 Å². The summed E-state index contributed by atoms with van der Waals surface area (Å²) in [7, 11) is 0. The van der Waals surface area contributed by atoms with E-state index in [2.05, 4.69) is 42.1 Å². The molecule has 0 aliphatic carbocycles. The highest BCUT2D eigenvalue weighted by molar-refractivity contribution is 7.12. The molecule has 2 aromatic heterocycles. The first-order valence-electron chi connectivity index (χ1n) is 5.41. The normalized spacial score (nSPS) is 12.8. The Hall–Kier alpha value is -1.29. The van der Waals surface area contributed by atoms with Gasteiger partial charge < -0.3 is 10.3 Å². The minimum Gasteiger partial charge on any atom is -0.349 e. The Bertz CT molecular complexity index is 484. The summed E-state index contributed by atoms with van der Waals surface area (Å²) >= 11 is 1.84. The minimum atomic E-state index is 0.287. The van der Waals surface area contributed by atoms with Crippen LogP contribution in [0.15, 0.2) is 12.3 Å². The molecule has 2 aromatic rings. The number of hydrogen-bond donors (Lipinski definition) is 2. The number of nitrogens with zero attached hydrogens (tertiary/aromatic N) is 1. The zero-order valence-electron chi connectivity index (χ0n) is 10.1. The van der Waals surface area contributed by atoms with E-state index < -0.39 is 0 Å². The van der Waals surface area contributed by atoms with Crippen molar-refractivity contribution >= 4 is 17.3 Å². The van der Waals surface area contributed by atoms with Crippen LogP contribution in [0.3, 0.4) is 0 Å². The van der Waals surface area contributed by atoms with E-state index >= 15 is 0 Å². The van der Waals surface area contributed by atoms with Crippen LogP contribution in [-0.4, -0.2) is 9.97 Å². The van der Waals surface area contributed by atoms with Gasteiger partial charge in [0.05, 0.1) is 6.04 Å². The third-order valence-corrected chi connectivity index (χ3v) is 3.58. The number of anilines is 1. The second kappa shape index (κ2) is 4.29. The number of H-pyrrole nitrogens is 1. The van der Waals surface area contributed by atoms with Gasteiger partial charge in [-0.1, -0.05) is 0 Å². The number of nitrogens with one attached hydrogen (secondary N) is 2. The molecule has 0 aromatic carbocycles. The molecule has 86 valence electrons. The molecule has 0 saturated heterocycles. The van der Waals surface area contributed by atoms with Gasteiger partial charge in [0.15, 0.2) is 0 Å². The van der Waals surface area contributed by atoms with Crippen LogP contribution in [-0.2, 0) is 0 Å². The SMILES string of the molecule is Cc1cnc(NC(C)c2cc(C)sc2C)[nH]1. The first-order valence-corrected chi connectivity index (χ1v) is 6.23. The second-order valence-electron chi connectivity index (χ2n) is 4.15. The molecule has 2 rings (SSSR count). The molecule has 2 heterocycles. The summed E-state index contributed by atoms with van der Waals surface area (Å²) in [4.78, 5) is 10.2. The lowest BCUT2D eigenvalue weighted by atomic mass is 10.1. The number of thiophene rings is 1. The average Bonchev–Trinajstić information content (AvgIpc) is 2.73. The number of aryl methyl sites for hydroxylation is 3. The van der Waals surface area contributed by atoms with E-state index in [0.29, 0.717) is 0 Å². The van der Waals surface area contributed by atoms with E-state index in [-0.39, 0.29) is 6.04 Å². The van der Waals surface area contributed by atoms with Gasteiger partial charge in [0.1, 0.15) is 0 Å². The van der Waals surface area contributed by atoms with Crippen molar-refractivity contribution in [3.05, 3.63) is 33.3 Å². The summed E-state index contributed by atoms with van der Waals surface area (Å²) in [6.07, 6.45) is 1.83. The number of aromatic nitrogens is 2. The lowest BCUT2D eigenvalue weighted by Gasteiger charge is -2.12. The van der Waals surface area contributed by atoms with Gasteiger partial charge in [0.2, 0.25) is 5.95 Å². The van der Waals surface area contributed by atoms with Crippen LogP contribution in [0.4, 0.5) is 5.95 Å². The predicted octanol–water partition coefficient (Wildman–Crippen LogP) is 3.57. The van der Waals surface area contributed by atoms with Gasteiger partial charge in [-0.3, -0.25) is 0 Å². The van der Waals surface area contributed by atoms with Crippen molar-refractivity contribution in [3.63, 3.8) is 0 Å². The third-order valence-electron chi connectivity index (χ3n) is 2.60. The Morgan fingerprint density at radius 3 is 2.62 bits per heavy atom. The lowest BCUT2D eigenvalue weighted by molar-refractivity contribution is 0.864. The van der Waals surface area contributed by atoms with Crippen molar-refractivity contribution in [2.24, 2.45) is 0 Å². The Kier molecular flexibility index (Phi) is 3.01. The summed E-state index contributed by atoms with van der Waals surface area (Å²) in [6, 6.07) is 2.53. The van der Waals surface area contributed by atoms with E-state index in [1.165, 1.54) is 15.3 Å². The number of rotatable bonds is 3. The van der Waals surface area contributed by atoms with E-state index in [1.54, 1.807) is 0 Å². The zero-order chi connectivity index (χ0) is 11.7. The molecular weight excluding hydrogens is 218 g/mol. The molecule has 0 fully saturated rings. The van der Waals surface area contributed by atoms with Crippen LogP contribution in [0.2, 0.25) is 0 Å². The summed E-state index contributed by atoms with van der Waals surface area (Å²) < 4.78 is 0. The molecule has 0 bridgehead atoms. The van der Waals surface area contributed by atoms with Gasteiger partial charge in [-0.05, 0) is 39.3 Å². The second-order valence-corrected chi connectivity index (χ2v) is 5.61. The highest BCUT2D eigenvalue weighted by Gasteiger charge is 2.11. The van der Waals surface area contributed by atoms with Gasteiger partial charge in [-0.15, -0.1) is 11.3 Å². The first-order chi connectivity index (χ1) is 7.56. The maximum absolute atomic E-state index is 4.25. The smallest absolute Gasteiger partial charge is 0.200 e. The number of aromatic amines is 1. The van der Waals surface area contributed by atoms with Crippen LogP contribution in [0.25, 0.3) is 0 Å². The zero-order valence-corrected chi connectivity index (χ0v) is 10.9. The maximum Gasteiger partial charge on any atom is 0.200 e. The van der Waals surface area contributed by atoms with Gasteiger partial charge >= 0.3 is 0 Å². The summed E-state index contributed by atoms with van der Waals surface area (Å²) in [5, 5.41) is 3.37. The van der Waals surface area contributed by atoms with Crippen LogP contribution in [0.5, 0.6) is 0 Å². The fraction of sp³-hybridized carbons (Fsp3) is 0.417. The Morgan fingerprint density at radius 2 is 2.12 bits per heavy atom. The first kappa shape index (κ1) is 11.2. The largest absolute Gasteiger partial charge is 0.349 e. The third kappa shape index (κ3) is 2.27. The molecule has 0 saturated carbocycles. The van der Waals surface area contributed by atoms with Crippen molar-refractivity contribution in [2.45, 2.75) is 33.7 Å². The molecule has 0 aliphatic rings. The summed E-state index contributed by atoms with van der Waals surface area (Å²) in [5.74, 6) is 0.841. The topological polar surface area (TPSA) is 40.7 Å². The molecule has 3 nitrogen and oxygen atoms in total. The predicted molar refractivity (Wildman–Crippen MR) is 69.2 cm³/mol. The van der Waals surface area contributed by atoms with Crippen LogP contribution in [0, 0.1) is 20.8 Å². The van der Waals surface area contributed by atoms with Gasteiger partial charge in [0.25, 0.3) is 0 Å². The van der Waals surface area contributed by atoms with Crippen molar-refractivity contribution < 1.29 is 0 Å². The fourth-order valence-corrected chi connectivity index (χ4v) is 2.87. The number of imidazole rings is 1. The molecule has 16 heavy (non-hydrogen) atoms. The average molecular weight is 235 g/mol. The lowest BCUT2D eigenvalue weighted by Crippen LogP contribution is -2.07. The highest BCUT2D eigenvalue weighted by Crippen LogP contribution is 2.27. The molecule has 0 amide bonds. The van der Waals surface area contributed by atoms with Crippen molar-refractivity contribution in [1.82, 2.24) is 9.97 Å². The van der Waals surface area contributed by atoms with E-state index in [9.17, 15) is 0 Å².